The fourth-order valence-electron chi connectivity index (χ4n) is 2.54. The average molecular weight is 233 g/mol. The Morgan fingerprint density at radius 2 is 2.24 bits per heavy atom. The van der Waals surface area contributed by atoms with Crippen LogP contribution in [0.15, 0.2) is 24.3 Å². The van der Waals surface area contributed by atoms with Crippen LogP contribution in [0.25, 0.3) is 0 Å². The molecule has 1 aliphatic rings. The van der Waals surface area contributed by atoms with Crippen molar-refractivity contribution in [2.75, 3.05) is 20.2 Å². The lowest BCUT2D eigenvalue weighted by Gasteiger charge is -2.28. The molecule has 0 unspecified atom stereocenters. The summed E-state index contributed by atoms with van der Waals surface area (Å²) < 4.78 is 0. The van der Waals surface area contributed by atoms with Crippen LogP contribution in [0.4, 0.5) is 0 Å². The van der Waals surface area contributed by atoms with Crippen LogP contribution in [0.3, 0.4) is 0 Å². The molecule has 0 fully saturated rings. The number of benzene rings is 1. The first-order chi connectivity index (χ1) is 8.24. The van der Waals surface area contributed by atoms with E-state index in [1.54, 1.807) is 11.9 Å². The number of aliphatic hydroxyl groups is 1. The molecule has 1 N–H and O–H groups in total. The molecule has 0 aromatic heterocycles. The molecule has 0 aliphatic heterocycles. The van der Waals surface area contributed by atoms with E-state index in [-0.39, 0.29) is 18.4 Å². The van der Waals surface area contributed by atoms with Crippen molar-refractivity contribution in [3.63, 3.8) is 0 Å². The van der Waals surface area contributed by atoms with Crippen LogP contribution in [0.5, 0.6) is 0 Å². The predicted molar refractivity (Wildman–Crippen MR) is 66.8 cm³/mol. The van der Waals surface area contributed by atoms with E-state index in [1.165, 1.54) is 11.1 Å². The molecular weight excluding hydrogens is 214 g/mol. The van der Waals surface area contributed by atoms with Crippen molar-refractivity contribution in [3.8, 4) is 0 Å². The van der Waals surface area contributed by atoms with Gasteiger partial charge < -0.3 is 10.0 Å². The monoisotopic (exact) mass is 233 g/mol. The van der Waals surface area contributed by atoms with Crippen LogP contribution in [-0.4, -0.2) is 36.1 Å². The van der Waals surface area contributed by atoms with Gasteiger partial charge in [-0.3, -0.25) is 4.79 Å². The van der Waals surface area contributed by atoms with Gasteiger partial charge >= 0.3 is 0 Å². The van der Waals surface area contributed by atoms with E-state index in [0.717, 1.165) is 19.3 Å². The summed E-state index contributed by atoms with van der Waals surface area (Å²) in [5, 5.41) is 8.89. The maximum absolute atomic E-state index is 12.3. The van der Waals surface area contributed by atoms with E-state index in [4.69, 9.17) is 5.11 Å². The minimum atomic E-state index is -0.0171. The van der Waals surface area contributed by atoms with Gasteiger partial charge in [0.2, 0.25) is 5.91 Å². The quantitative estimate of drug-likeness (QED) is 0.860. The smallest absolute Gasteiger partial charge is 0.229 e. The van der Waals surface area contributed by atoms with Crippen molar-refractivity contribution < 1.29 is 9.90 Å². The number of hydrogen-bond donors (Lipinski definition) is 1. The Bertz CT molecular complexity index is 403. The second-order valence-corrected chi connectivity index (χ2v) is 4.63. The Morgan fingerprint density at radius 3 is 3.00 bits per heavy atom. The standard InChI is InChI=1S/C14H19NO2/c1-15(9-10-16)14(17)13-8-4-6-11-5-2-3-7-12(11)13/h2-3,5,7,13,16H,4,6,8-10H2,1H3/t13-/m1/s1. The van der Waals surface area contributed by atoms with Gasteiger partial charge in [-0.25, -0.2) is 0 Å². The number of carbonyl (C=O) groups excluding carboxylic acids is 1. The zero-order valence-electron chi connectivity index (χ0n) is 10.2. The summed E-state index contributed by atoms with van der Waals surface area (Å²) in [4.78, 5) is 13.9. The molecule has 0 saturated carbocycles. The first kappa shape index (κ1) is 12.1. The molecule has 1 aromatic carbocycles. The Morgan fingerprint density at radius 1 is 1.47 bits per heavy atom. The molecule has 0 saturated heterocycles. The van der Waals surface area contributed by atoms with Crippen molar-refractivity contribution in [2.45, 2.75) is 25.2 Å². The summed E-state index contributed by atoms with van der Waals surface area (Å²) in [5.41, 5.74) is 2.48. The number of likely N-dealkylation sites (N-methyl/N-ethyl adjacent to an activating group) is 1. The first-order valence-corrected chi connectivity index (χ1v) is 6.17. The Hall–Kier alpha value is -1.35. The van der Waals surface area contributed by atoms with Crippen molar-refractivity contribution in [1.29, 1.82) is 0 Å². The van der Waals surface area contributed by atoms with E-state index in [1.807, 2.05) is 12.1 Å². The molecule has 92 valence electrons. The second-order valence-electron chi connectivity index (χ2n) is 4.63. The van der Waals surface area contributed by atoms with E-state index >= 15 is 0 Å². The molecule has 1 amide bonds. The lowest BCUT2D eigenvalue weighted by molar-refractivity contribution is -0.132. The number of fused-ring (bicyclic) bond motifs is 1. The third-order valence-corrected chi connectivity index (χ3v) is 3.48. The lowest BCUT2D eigenvalue weighted by atomic mass is 9.82. The third kappa shape index (κ3) is 2.50. The molecule has 3 nitrogen and oxygen atoms in total. The summed E-state index contributed by atoms with van der Waals surface area (Å²) in [5.74, 6) is 0.114. The van der Waals surface area contributed by atoms with Crippen LogP contribution < -0.4 is 0 Å². The van der Waals surface area contributed by atoms with E-state index in [9.17, 15) is 4.79 Å². The second kappa shape index (κ2) is 5.32. The average Bonchev–Trinajstić information content (AvgIpc) is 2.37. The Kier molecular flexibility index (Phi) is 3.79. The van der Waals surface area contributed by atoms with Gasteiger partial charge in [-0.05, 0) is 30.4 Å². The number of amides is 1. The minimum Gasteiger partial charge on any atom is -0.395 e. The zero-order chi connectivity index (χ0) is 12.3. The molecule has 0 spiro atoms. The molecule has 1 aromatic rings. The summed E-state index contributed by atoms with van der Waals surface area (Å²) in [7, 11) is 1.76. The van der Waals surface area contributed by atoms with Gasteiger partial charge in [-0.15, -0.1) is 0 Å². The highest BCUT2D eigenvalue weighted by Crippen LogP contribution is 2.32. The number of carbonyl (C=O) groups is 1. The van der Waals surface area contributed by atoms with Crippen molar-refractivity contribution >= 4 is 5.91 Å². The number of rotatable bonds is 3. The summed E-state index contributed by atoms with van der Waals surface area (Å²) in [6.07, 6.45) is 3.07. The summed E-state index contributed by atoms with van der Waals surface area (Å²) in [6.45, 7) is 0.439. The Labute approximate surface area is 102 Å². The maximum Gasteiger partial charge on any atom is 0.229 e. The summed E-state index contributed by atoms with van der Waals surface area (Å²) >= 11 is 0. The van der Waals surface area contributed by atoms with Gasteiger partial charge in [0, 0.05) is 13.6 Å². The number of aliphatic hydroxyl groups excluding tert-OH is 1. The van der Waals surface area contributed by atoms with Crippen LogP contribution in [0.2, 0.25) is 0 Å². The molecule has 17 heavy (non-hydrogen) atoms. The molecule has 2 rings (SSSR count). The van der Waals surface area contributed by atoms with Crippen LogP contribution >= 0.6 is 0 Å². The number of hydrogen-bond acceptors (Lipinski definition) is 2. The molecule has 0 bridgehead atoms. The fraction of sp³-hybridized carbons (Fsp3) is 0.500. The van der Waals surface area contributed by atoms with Crippen molar-refractivity contribution in [2.24, 2.45) is 0 Å². The molecule has 1 aliphatic carbocycles. The van der Waals surface area contributed by atoms with Gasteiger partial charge in [0.1, 0.15) is 0 Å². The number of aryl methyl sites for hydroxylation is 1. The van der Waals surface area contributed by atoms with Crippen molar-refractivity contribution in [3.05, 3.63) is 35.4 Å². The lowest BCUT2D eigenvalue weighted by Crippen LogP contribution is -2.35. The van der Waals surface area contributed by atoms with E-state index in [0.29, 0.717) is 6.54 Å². The largest absolute Gasteiger partial charge is 0.395 e. The molecule has 1 atom stereocenters. The minimum absolute atomic E-state index is 0.0171. The van der Waals surface area contributed by atoms with Gasteiger partial charge in [0.15, 0.2) is 0 Å². The molecule has 3 heteroatoms. The predicted octanol–water partition coefficient (Wildman–Crippen LogP) is 1.56. The summed E-state index contributed by atoms with van der Waals surface area (Å²) in [6, 6.07) is 8.20. The first-order valence-electron chi connectivity index (χ1n) is 6.17. The van der Waals surface area contributed by atoms with Gasteiger partial charge in [-0.1, -0.05) is 24.3 Å². The molecular formula is C14H19NO2. The van der Waals surface area contributed by atoms with Gasteiger partial charge in [-0.2, -0.15) is 0 Å². The molecule has 0 radical (unpaired) electrons. The zero-order valence-corrected chi connectivity index (χ0v) is 10.2. The maximum atomic E-state index is 12.3. The topological polar surface area (TPSA) is 40.5 Å². The van der Waals surface area contributed by atoms with Gasteiger partial charge in [0.05, 0.1) is 12.5 Å². The fourth-order valence-corrected chi connectivity index (χ4v) is 2.54. The van der Waals surface area contributed by atoms with E-state index in [2.05, 4.69) is 12.1 Å². The number of nitrogens with zero attached hydrogens (tertiary/aromatic N) is 1. The molecule has 0 heterocycles. The van der Waals surface area contributed by atoms with Crippen LogP contribution in [-0.2, 0) is 11.2 Å². The highest BCUT2D eigenvalue weighted by molar-refractivity contribution is 5.84. The Balaban J connectivity index is 2.20. The highest BCUT2D eigenvalue weighted by Gasteiger charge is 2.27. The normalized spacial score (nSPS) is 18.6. The third-order valence-electron chi connectivity index (χ3n) is 3.48. The van der Waals surface area contributed by atoms with Crippen molar-refractivity contribution in [1.82, 2.24) is 4.90 Å². The highest BCUT2D eigenvalue weighted by atomic mass is 16.3. The van der Waals surface area contributed by atoms with Gasteiger partial charge in [0.25, 0.3) is 0 Å². The van der Waals surface area contributed by atoms with Crippen LogP contribution in [0.1, 0.15) is 29.9 Å². The SMILES string of the molecule is CN(CCO)C(=O)[C@@H]1CCCc2ccccc21. The van der Waals surface area contributed by atoms with Crippen LogP contribution in [0, 0.1) is 0 Å². The van der Waals surface area contributed by atoms with E-state index < -0.39 is 0 Å².